The maximum absolute atomic E-state index is 12.4. The summed E-state index contributed by atoms with van der Waals surface area (Å²) in [5, 5.41) is 3.00. The number of carbonyl (C=O) groups is 1. The Morgan fingerprint density at radius 1 is 1.33 bits per heavy atom. The van der Waals surface area contributed by atoms with Gasteiger partial charge in [-0.25, -0.2) is 4.98 Å². The fraction of sp³-hybridized carbons (Fsp3) is 0.375. The smallest absolute Gasteiger partial charge is 0.289 e. The van der Waals surface area contributed by atoms with Crippen molar-refractivity contribution < 1.29 is 9.21 Å². The van der Waals surface area contributed by atoms with Crippen molar-refractivity contribution in [1.82, 2.24) is 10.3 Å². The molecule has 0 unspecified atom stereocenters. The lowest BCUT2D eigenvalue weighted by Crippen LogP contribution is -2.40. The molecule has 1 saturated carbocycles. The van der Waals surface area contributed by atoms with Gasteiger partial charge in [0.15, 0.2) is 6.39 Å². The number of aromatic nitrogens is 1. The number of rotatable bonds is 3. The number of nitrogens with zero attached hydrogens (tertiary/aromatic N) is 1. The minimum atomic E-state index is -0.206. The van der Waals surface area contributed by atoms with Gasteiger partial charge in [0.25, 0.3) is 5.91 Å². The summed E-state index contributed by atoms with van der Waals surface area (Å²) in [6.45, 7) is 0. The molecule has 0 radical (unpaired) electrons. The van der Waals surface area contributed by atoms with Crippen LogP contribution in [0.25, 0.3) is 0 Å². The van der Waals surface area contributed by atoms with E-state index < -0.39 is 0 Å². The lowest BCUT2D eigenvalue weighted by molar-refractivity contribution is 0.0904. The molecule has 2 aromatic rings. The summed E-state index contributed by atoms with van der Waals surface area (Å²) in [6.07, 6.45) is 4.28. The Kier molecular flexibility index (Phi) is 2.82. The van der Waals surface area contributed by atoms with Gasteiger partial charge < -0.3 is 15.5 Å². The predicted octanol–water partition coefficient (Wildman–Crippen LogP) is 1.91. The lowest BCUT2D eigenvalue weighted by atomic mass is 10.1. The zero-order valence-electron chi connectivity index (χ0n) is 11.6. The first-order valence-electron chi connectivity index (χ1n) is 7.31. The first-order valence-corrected chi connectivity index (χ1v) is 7.31. The molecule has 2 atom stereocenters. The van der Waals surface area contributed by atoms with Crippen LogP contribution in [0.2, 0.25) is 0 Å². The third-order valence-corrected chi connectivity index (χ3v) is 4.37. The molecule has 5 heteroatoms. The average molecular weight is 283 g/mol. The molecule has 2 aliphatic carbocycles. The number of oxazole rings is 1. The van der Waals surface area contributed by atoms with Crippen molar-refractivity contribution in [3.05, 3.63) is 53.2 Å². The first-order chi connectivity index (χ1) is 10.2. The standard InChI is InChI=1S/C16H17N3O2/c17-13-11-4-2-1-3-10(11)7-12(13)19-16(20)15-14(9-5-6-9)18-8-21-15/h1-4,8-9,12-13H,5-7,17H2,(H,19,20)/t12-,13-/m1/s1. The van der Waals surface area contributed by atoms with E-state index in [4.69, 9.17) is 10.2 Å². The fourth-order valence-electron chi connectivity index (χ4n) is 3.07. The summed E-state index contributed by atoms with van der Waals surface area (Å²) in [4.78, 5) is 16.6. The molecule has 108 valence electrons. The van der Waals surface area contributed by atoms with E-state index in [1.54, 1.807) is 0 Å². The highest BCUT2D eigenvalue weighted by Gasteiger charge is 2.35. The van der Waals surface area contributed by atoms with Crippen molar-refractivity contribution >= 4 is 5.91 Å². The number of fused-ring (bicyclic) bond motifs is 1. The highest BCUT2D eigenvalue weighted by molar-refractivity contribution is 5.93. The topological polar surface area (TPSA) is 81.1 Å². The summed E-state index contributed by atoms with van der Waals surface area (Å²) >= 11 is 0. The van der Waals surface area contributed by atoms with Gasteiger partial charge in [-0.1, -0.05) is 24.3 Å². The second kappa shape index (κ2) is 4.70. The monoisotopic (exact) mass is 283 g/mol. The van der Waals surface area contributed by atoms with Gasteiger partial charge in [0.1, 0.15) is 0 Å². The van der Waals surface area contributed by atoms with Gasteiger partial charge in [-0.15, -0.1) is 0 Å². The molecule has 1 amide bonds. The SMILES string of the molecule is N[C@@H]1c2ccccc2C[C@H]1NC(=O)c1ocnc1C1CC1. The maximum atomic E-state index is 12.4. The lowest BCUT2D eigenvalue weighted by Gasteiger charge is -2.17. The van der Waals surface area contributed by atoms with Crippen LogP contribution in [0.1, 0.15) is 52.2 Å². The zero-order valence-corrected chi connectivity index (χ0v) is 11.6. The summed E-state index contributed by atoms with van der Waals surface area (Å²) < 4.78 is 5.29. The molecule has 0 bridgehead atoms. The van der Waals surface area contributed by atoms with Crippen molar-refractivity contribution in [1.29, 1.82) is 0 Å². The van der Waals surface area contributed by atoms with E-state index in [-0.39, 0.29) is 18.0 Å². The van der Waals surface area contributed by atoms with E-state index in [1.807, 2.05) is 18.2 Å². The minimum absolute atomic E-state index is 0.0907. The van der Waals surface area contributed by atoms with Crippen LogP contribution in [0.4, 0.5) is 0 Å². The Balaban J connectivity index is 1.52. The number of carbonyl (C=O) groups excluding carboxylic acids is 1. The molecule has 1 heterocycles. The predicted molar refractivity (Wildman–Crippen MR) is 76.8 cm³/mol. The highest BCUT2D eigenvalue weighted by atomic mass is 16.3. The Labute approximate surface area is 122 Å². The van der Waals surface area contributed by atoms with Gasteiger partial charge >= 0.3 is 0 Å². The average Bonchev–Trinajstić information content (AvgIpc) is 3.14. The van der Waals surface area contributed by atoms with Gasteiger partial charge in [-0.3, -0.25) is 4.79 Å². The van der Waals surface area contributed by atoms with Gasteiger partial charge in [-0.2, -0.15) is 0 Å². The molecule has 3 N–H and O–H groups in total. The third-order valence-electron chi connectivity index (χ3n) is 4.37. The number of benzene rings is 1. The molecular weight excluding hydrogens is 266 g/mol. The van der Waals surface area contributed by atoms with Gasteiger partial charge in [0.05, 0.1) is 17.8 Å². The van der Waals surface area contributed by atoms with Crippen LogP contribution in [0.3, 0.4) is 0 Å². The number of nitrogens with one attached hydrogen (secondary N) is 1. The van der Waals surface area contributed by atoms with E-state index in [0.29, 0.717) is 11.7 Å². The van der Waals surface area contributed by atoms with Crippen molar-refractivity contribution in [2.75, 3.05) is 0 Å². The number of hydrogen-bond acceptors (Lipinski definition) is 4. The van der Waals surface area contributed by atoms with Crippen LogP contribution >= 0.6 is 0 Å². The zero-order chi connectivity index (χ0) is 14.4. The molecule has 1 fully saturated rings. The number of nitrogens with two attached hydrogens (primary N) is 1. The molecule has 2 aliphatic rings. The molecule has 0 saturated heterocycles. The van der Waals surface area contributed by atoms with Gasteiger partial charge in [-0.05, 0) is 30.4 Å². The molecule has 1 aromatic carbocycles. The van der Waals surface area contributed by atoms with Gasteiger partial charge in [0.2, 0.25) is 5.76 Å². The number of amides is 1. The van der Waals surface area contributed by atoms with Crippen LogP contribution in [-0.4, -0.2) is 16.9 Å². The van der Waals surface area contributed by atoms with Crippen LogP contribution in [0.15, 0.2) is 35.1 Å². The van der Waals surface area contributed by atoms with Crippen molar-refractivity contribution in [2.24, 2.45) is 5.73 Å². The largest absolute Gasteiger partial charge is 0.438 e. The summed E-state index contributed by atoms with van der Waals surface area (Å²) in [7, 11) is 0. The summed E-state index contributed by atoms with van der Waals surface area (Å²) in [5.74, 6) is 0.530. The molecule has 4 rings (SSSR count). The summed E-state index contributed by atoms with van der Waals surface area (Å²) in [6, 6.07) is 7.80. The molecule has 1 aromatic heterocycles. The highest BCUT2D eigenvalue weighted by Crippen LogP contribution is 2.40. The van der Waals surface area contributed by atoms with Crippen LogP contribution < -0.4 is 11.1 Å². The molecule has 0 spiro atoms. The Hall–Kier alpha value is -2.14. The second-order valence-corrected chi connectivity index (χ2v) is 5.85. The quantitative estimate of drug-likeness (QED) is 0.901. The Morgan fingerprint density at radius 2 is 2.14 bits per heavy atom. The van der Waals surface area contributed by atoms with E-state index in [0.717, 1.165) is 30.5 Å². The van der Waals surface area contributed by atoms with Gasteiger partial charge in [0, 0.05) is 5.92 Å². The second-order valence-electron chi connectivity index (χ2n) is 5.85. The van der Waals surface area contributed by atoms with E-state index in [9.17, 15) is 4.79 Å². The summed E-state index contributed by atoms with van der Waals surface area (Å²) in [5.41, 5.74) is 9.35. The molecular formula is C16H17N3O2. The molecule has 5 nitrogen and oxygen atoms in total. The fourth-order valence-corrected chi connectivity index (χ4v) is 3.07. The molecule has 0 aliphatic heterocycles. The van der Waals surface area contributed by atoms with E-state index >= 15 is 0 Å². The normalized spacial score (nSPS) is 23.9. The Morgan fingerprint density at radius 3 is 2.90 bits per heavy atom. The third kappa shape index (κ3) is 2.14. The van der Waals surface area contributed by atoms with Crippen LogP contribution in [0.5, 0.6) is 0 Å². The van der Waals surface area contributed by atoms with E-state index in [2.05, 4.69) is 16.4 Å². The minimum Gasteiger partial charge on any atom is -0.438 e. The molecule has 21 heavy (non-hydrogen) atoms. The van der Waals surface area contributed by atoms with Crippen molar-refractivity contribution in [3.8, 4) is 0 Å². The van der Waals surface area contributed by atoms with E-state index in [1.165, 1.54) is 12.0 Å². The first kappa shape index (κ1) is 12.6. The van der Waals surface area contributed by atoms with Crippen LogP contribution in [0, 0.1) is 0 Å². The van der Waals surface area contributed by atoms with Crippen molar-refractivity contribution in [2.45, 2.75) is 37.3 Å². The van der Waals surface area contributed by atoms with Crippen molar-refractivity contribution in [3.63, 3.8) is 0 Å². The van der Waals surface area contributed by atoms with Crippen LogP contribution in [-0.2, 0) is 6.42 Å². The Bertz CT molecular complexity index is 690. The maximum Gasteiger partial charge on any atom is 0.289 e. The number of hydrogen-bond donors (Lipinski definition) is 2.